The van der Waals surface area contributed by atoms with Crippen molar-refractivity contribution in [2.45, 2.75) is 52.1 Å². The zero-order valence-corrected chi connectivity index (χ0v) is 25.4. The Morgan fingerprint density at radius 2 is 1.93 bits per heavy atom. The lowest BCUT2D eigenvalue weighted by Gasteiger charge is -2.46. The summed E-state index contributed by atoms with van der Waals surface area (Å²) in [6, 6.07) is 4.17. The van der Waals surface area contributed by atoms with Crippen molar-refractivity contribution in [1.29, 1.82) is 0 Å². The van der Waals surface area contributed by atoms with E-state index in [2.05, 4.69) is 21.9 Å². The van der Waals surface area contributed by atoms with E-state index in [1.54, 1.807) is 17.2 Å². The minimum atomic E-state index is -1.42. The summed E-state index contributed by atoms with van der Waals surface area (Å²) in [5, 5.41) is 14.0. The van der Waals surface area contributed by atoms with Crippen LogP contribution in [0.4, 0.5) is 24.7 Å². The molecule has 1 fully saturated rings. The van der Waals surface area contributed by atoms with Crippen LogP contribution in [-0.2, 0) is 4.79 Å². The van der Waals surface area contributed by atoms with Crippen molar-refractivity contribution >= 4 is 28.3 Å². The van der Waals surface area contributed by atoms with Crippen molar-refractivity contribution < 1.29 is 23.1 Å². The molecule has 2 aliphatic heterocycles. The van der Waals surface area contributed by atoms with E-state index >= 15 is 8.78 Å². The molecule has 6 rings (SSSR count). The Hall–Kier alpha value is -4.87. The van der Waals surface area contributed by atoms with E-state index in [1.165, 1.54) is 16.7 Å². The number of carbonyl (C=O) groups is 1. The molecule has 2 aromatic carbocycles. The van der Waals surface area contributed by atoms with E-state index in [-0.39, 0.29) is 52.9 Å². The highest BCUT2D eigenvalue weighted by Crippen LogP contribution is 2.44. The summed E-state index contributed by atoms with van der Waals surface area (Å²) in [5.41, 5.74) is 0.0568. The van der Waals surface area contributed by atoms with Crippen LogP contribution in [0.5, 0.6) is 5.75 Å². The third-order valence-electron chi connectivity index (χ3n) is 8.72. The summed E-state index contributed by atoms with van der Waals surface area (Å²) in [6.45, 7) is 12.0. The number of phenolic OH excluding ortho intramolecular Hbond substituents is 1. The van der Waals surface area contributed by atoms with E-state index in [4.69, 9.17) is 0 Å². The fraction of sp³-hybridized carbons (Fsp3) is 0.333. The van der Waals surface area contributed by atoms with Crippen LogP contribution < -0.4 is 15.9 Å². The number of aryl methyl sites for hydroxylation is 1. The Kier molecular flexibility index (Phi) is 7.54. The number of amides is 1. The molecule has 2 aromatic heterocycles. The quantitative estimate of drug-likeness (QED) is 0.295. The molecule has 9 nitrogen and oxygen atoms in total. The van der Waals surface area contributed by atoms with Gasteiger partial charge >= 0.3 is 5.69 Å². The Morgan fingerprint density at radius 3 is 2.64 bits per heavy atom. The molecule has 0 radical (unpaired) electrons. The highest BCUT2D eigenvalue weighted by atomic mass is 19.2. The van der Waals surface area contributed by atoms with E-state index in [1.807, 2.05) is 32.6 Å². The number of fused-ring (bicyclic) bond motifs is 2. The van der Waals surface area contributed by atoms with E-state index < -0.39 is 40.0 Å². The van der Waals surface area contributed by atoms with Gasteiger partial charge in [0.15, 0.2) is 17.5 Å². The molecule has 1 amide bonds. The predicted molar refractivity (Wildman–Crippen MR) is 167 cm³/mol. The number of halogens is 3. The first kappa shape index (κ1) is 30.2. The van der Waals surface area contributed by atoms with Gasteiger partial charge in [0.1, 0.15) is 11.6 Å². The number of aromatic hydroxyl groups is 1. The second-order valence-electron chi connectivity index (χ2n) is 11.9. The minimum absolute atomic E-state index is 0.0647. The number of hydrogen-bond acceptors (Lipinski definition) is 7. The monoisotopic (exact) mass is 618 g/mol. The number of piperazine rings is 1. The molecule has 2 atom stereocenters. The Bertz CT molecular complexity index is 1940. The summed E-state index contributed by atoms with van der Waals surface area (Å²) in [6.07, 6.45) is 3.35. The standard InChI is InChI=1S/C33H33F3N6O3/c1-6-24(44)40-15-19-10-12-38-30-26-22(13-20(27(30)35)25-23(43)8-7-21(34)28(25)36)42(31-17(4)9-11-37-29(31)16(2)3)33(45)39-32(26)41(19)14-18(40)5/h6-9,11,13,16,18-19,38,43H,1,10,12,14-15H2,2-5H3. The molecule has 2 N–H and O–H groups in total. The number of carbonyl (C=O) groups excluding carboxylic acids is 1. The second-order valence-corrected chi connectivity index (χ2v) is 11.9. The summed E-state index contributed by atoms with van der Waals surface area (Å²) in [5.74, 6) is -4.42. The third kappa shape index (κ3) is 4.79. The average molecular weight is 619 g/mol. The molecule has 0 aliphatic carbocycles. The molecular weight excluding hydrogens is 585 g/mol. The Labute approximate surface area is 257 Å². The van der Waals surface area contributed by atoms with E-state index in [0.717, 1.165) is 12.1 Å². The molecule has 2 aliphatic rings. The van der Waals surface area contributed by atoms with Gasteiger partial charge in [0.25, 0.3) is 0 Å². The first-order chi connectivity index (χ1) is 21.4. The minimum Gasteiger partial charge on any atom is -0.507 e. The molecule has 12 heteroatoms. The zero-order chi connectivity index (χ0) is 32.3. The van der Waals surface area contributed by atoms with Gasteiger partial charge in [-0.1, -0.05) is 20.4 Å². The molecule has 4 aromatic rings. The van der Waals surface area contributed by atoms with Crippen LogP contribution in [0.15, 0.2) is 47.9 Å². The van der Waals surface area contributed by atoms with Gasteiger partial charge in [-0.05, 0) is 62.1 Å². The smallest absolute Gasteiger partial charge is 0.354 e. The Morgan fingerprint density at radius 1 is 1.18 bits per heavy atom. The maximum absolute atomic E-state index is 16.7. The summed E-state index contributed by atoms with van der Waals surface area (Å²) in [4.78, 5) is 39.5. The van der Waals surface area contributed by atoms with Crippen molar-refractivity contribution in [1.82, 2.24) is 19.4 Å². The fourth-order valence-electron chi connectivity index (χ4n) is 6.53. The lowest BCUT2D eigenvalue weighted by Crippen LogP contribution is -2.60. The first-order valence-electron chi connectivity index (χ1n) is 14.8. The average Bonchev–Trinajstić information content (AvgIpc) is 2.99. The highest BCUT2D eigenvalue weighted by molar-refractivity contribution is 6.04. The van der Waals surface area contributed by atoms with Gasteiger partial charge in [0.2, 0.25) is 5.91 Å². The van der Waals surface area contributed by atoms with Crippen LogP contribution in [0.3, 0.4) is 0 Å². The number of nitrogens with zero attached hydrogens (tertiary/aromatic N) is 5. The van der Waals surface area contributed by atoms with E-state index in [9.17, 15) is 19.1 Å². The number of hydrogen-bond donors (Lipinski definition) is 2. The number of pyridine rings is 1. The molecular formula is C33H33F3N6O3. The van der Waals surface area contributed by atoms with Crippen molar-refractivity contribution in [2.24, 2.45) is 0 Å². The van der Waals surface area contributed by atoms with Crippen LogP contribution in [0.2, 0.25) is 0 Å². The second kappa shape index (κ2) is 11.2. The third-order valence-corrected chi connectivity index (χ3v) is 8.72. The summed E-state index contributed by atoms with van der Waals surface area (Å²) in [7, 11) is 0. The van der Waals surface area contributed by atoms with Crippen LogP contribution in [0.25, 0.3) is 27.7 Å². The van der Waals surface area contributed by atoms with E-state index in [0.29, 0.717) is 36.5 Å². The van der Waals surface area contributed by atoms with Gasteiger partial charge in [-0.25, -0.2) is 18.0 Å². The number of anilines is 2. The normalized spacial score (nSPS) is 18.0. The maximum atomic E-state index is 16.7. The number of phenols is 1. The number of aromatic nitrogens is 3. The predicted octanol–water partition coefficient (Wildman–Crippen LogP) is 5.41. The first-order valence-corrected chi connectivity index (χ1v) is 14.8. The van der Waals surface area contributed by atoms with Gasteiger partial charge in [-0.2, -0.15) is 4.98 Å². The molecule has 0 spiro atoms. The van der Waals surface area contributed by atoms with Gasteiger partial charge in [0, 0.05) is 43.5 Å². The van der Waals surface area contributed by atoms with Gasteiger partial charge in [-0.3, -0.25) is 14.3 Å². The largest absolute Gasteiger partial charge is 0.507 e. The number of benzene rings is 2. The molecule has 45 heavy (non-hydrogen) atoms. The lowest BCUT2D eigenvalue weighted by atomic mass is 9.96. The van der Waals surface area contributed by atoms with Crippen molar-refractivity contribution in [3.8, 4) is 22.6 Å². The van der Waals surface area contributed by atoms with Gasteiger partial charge < -0.3 is 20.2 Å². The maximum Gasteiger partial charge on any atom is 0.354 e. The fourth-order valence-corrected chi connectivity index (χ4v) is 6.53. The molecule has 0 bridgehead atoms. The lowest BCUT2D eigenvalue weighted by molar-refractivity contribution is -0.128. The zero-order valence-electron chi connectivity index (χ0n) is 25.4. The van der Waals surface area contributed by atoms with Crippen molar-refractivity contribution in [3.63, 3.8) is 0 Å². The van der Waals surface area contributed by atoms with Crippen LogP contribution in [0.1, 0.15) is 44.4 Å². The summed E-state index contributed by atoms with van der Waals surface area (Å²) >= 11 is 0. The molecule has 0 saturated carbocycles. The Balaban J connectivity index is 1.74. The van der Waals surface area contributed by atoms with Crippen molar-refractivity contribution in [3.05, 3.63) is 82.3 Å². The number of rotatable bonds is 4. The van der Waals surface area contributed by atoms with Crippen LogP contribution in [0, 0.1) is 24.4 Å². The molecule has 234 valence electrons. The SMILES string of the molecule is C=CC(=O)N1CC2CCNc3c(F)c(-c4c(O)ccc(F)c4F)cc4c3c(nc(=O)n4-c3c(C)ccnc3C(C)C)N2CC1C. The molecule has 4 heterocycles. The van der Waals surface area contributed by atoms with Crippen LogP contribution >= 0.6 is 0 Å². The molecule has 1 saturated heterocycles. The topological polar surface area (TPSA) is 104 Å². The highest BCUT2D eigenvalue weighted by Gasteiger charge is 2.38. The van der Waals surface area contributed by atoms with Gasteiger partial charge in [-0.15, -0.1) is 0 Å². The summed E-state index contributed by atoms with van der Waals surface area (Å²) < 4.78 is 47.7. The van der Waals surface area contributed by atoms with Gasteiger partial charge in [0.05, 0.1) is 33.5 Å². The number of nitrogens with one attached hydrogen (secondary N) is 1. The van der Waals surface area contributed by atoms with Crippen molar-refractivity contribution in [2.75, 3.05) is 29.9 Å². The molecule has 2 unspecified atom stereocenters. The van der Waals surface area contributed by atoms with Crippen LogP contribution in [-0.4, -0.2) is 62.2 Å².